The van der Waals surface area contributed by atoms with Gasteiger partial charge in [0.25, 0.3) is 0 Å². The summed E-state index contributed by atoms with van der Waals surface area (Å²) >= 11 is 11.9. The first-order valence-electron chi connectivity index (χ1n) is 5.75. The van der Waals surface area contributed by atoms with Gasteiger partial charge in [0.2, 0.25) is 5.75 Å². The van der Waals surface area contributed by atoms with Crippen molar-refractivity contribution in [3.8, 4) is 17.2 Å². The zero-order valence-corrected chi connectivity index (χ0v) is 12.3. The molecule has 2 rings (SSSR count). The number of phenols is 3. The number of aromatic hydroxyl groups is 3. The van der Waals surface area contributed by atoms with Gasteiger partial charge in [0, 0.05) is 18.0 Å². The van der Waals surface area contributed by atoms with E-state index in [-0.39, 0.29) is 15.6 Å². The second-order valence-electron chi connectivity index (χ2n) is 4.12. The molecule has 8 heteroatoms. The molecular formula is C13H11Cl2N3O3. The Hall–Kier alpha value is -2.18. The van der Waals surface area contributed by atoms with Crippen LogP contribution in [0.5, 0.6) is 17.2 Å². The van der Waals surface area contributed by atoms with E-state index in [4.69, 9.17) is 23.2 Å². The van der Waals surface area contributed by atoms with Gasteiger partial charge in [0.15, 0.2) is 11.5 Å². The van der Waals surface area contributed by atoms with E-state index in [0.29, 0.717) is 11.4 Å². The van der Waals surface area contributed by atoms with Gasteiger partial charge in [-0.15, -0.1) is 0 Å². The molecule has 0 unspecified atom stereocenters. The highest BCUT2D eigenvalue weighted by molar-refractivity contribution is 6.38. The lowest BCUT2D eigenvalue weighted by molar-refractivity contribution is 0.367. The van der Waals surface area contributed by atoms with E-state index in [1.165, 1.54) is 24.5 Å². The Labute approximate surface area is 130 Å². The highest BCUT2D eigenvalue weighted by Gasteiger charge is 2.13. The lowest BCUT2D eigenvalue weighted by Crippen LogP contribution is -2.01. The molecule has 2 aromatic rings. The number of nitrogens with one attached hydrogen (secondary N) is 1. The van der Waals surface area contributed by atoms with Crippen molar-refractivity contribution in [1.82, 2.24) is 4.98 Å². The van der Waals surface area contributed by atoms with Crippen molar-refractivity contribution in [2.45, 2.75) is 6.92 Å². The lowest BCUT2D eigenvalue weighted by atomic mass is 10.1. The van der Waals surface area contributed by atoms with Crippen LogP contribution in [0.15, 0.2) is 29.6 Å². The minimum atomic E-state index is -0.609. The van der Waals surface area contributed by atoms with Crippen molar-refractivity contribution < 1.29 is 15.3 Å². The molecule has 0 aliphatic carbocycles. The lowest BCUT2D eigenvalue weighted by Gasteiger charge is -2.09. The Morgan fingerprint density at radius 2 is 1.71 bits per heavy atom. The van der Waals surface area contributed by atoms with Gasteiger partial charge in [-0.25, -0.2) is 0 Å². The molecule has 0 spiro atoms. The van der Waals surface area contributed by atoms with Crippen molar-refractivity contribution in [1.29, 1.82) is 0 Å². The largest absolute Gasteiger partial charge is 0.504 e. The van der Waals surface area contributed by atoms with Crippen molar-refractivity contribution in [3.63, 3.8) is 0 Å². The first-order chi connectivity index (χ1) is 9.91. The third-order valence-electron chi connectivity index (χ3n) is 2.71. The second kappa shape index (κ2) is 6.07. The van der Waals surface area contributed by atoms with Crippen LogP contribution in [-0.2, 0) is 0 Å². The van der Waals surface area contributed by atoms with Crippen LogP contribution < -0.4 is 5.43 Å². The molecule has 21 heavy (non-hydrogen) atoms. The number of hydrazone groups is 1. The van der Waals surface area contributed by atoms with Crippen molar-refractivity contribution in [3.05, 3.63) is 40.1 Å². The summed E-state index contributed by atoms with van der Waals surface area (Å²) in [6.07, 6.45) is 2.81. The topological polar surface area (TPSA) is 98.0 Å². The molecule has 0 aliphatic rings. The Morgan fingerprint density at radius 1 is 1.10 bits per heavy atom. The molecule has 0 fully saturated rings. The zero-order chi connectivity index (χ0) is 15.6. The summed E-state index contributed by atoms with van der Waals surface area (Å²) in [7, 11) is 0. The maximum atomic E-state index is 9.77. The van der Waals surface area contributed by atoms with Crippen molar-refractivity contribution >= 4 is 34.6 Å². The average Bonchev–Trinajstić information content (AvgIpc) is 2.44. The fraction of sp³-hybridized carbons (Fsp3) is 0.0769. The average molecular weight is 328 g/mol. The van der Waals surface area contributed by atoms with Crippen LogP contribution in [0.2, 0.25) is 10.0 Å². The number of phenolic OH excluding ortho intramolecular Hbond substituents is 3. The van der Waals surface area contributed by atoms with Crippen LogP contribution >= 0.6 is 23.2 Å². The molecule has 4 N–H and O–H groups in total. The molecule has 1 aromatic heterocycles. The normalized spacial score (nSPS) is 11.5. The van der Waals surface area contributed by atoms with E-state index in [9.17, 15) is 15.3 Å². The minimum absolute atomic E-state index is 0.249. The van der Waals surface area contributed by atoms with E-state index in [1.54, 1.807) is 6.92 Å². The number of hydrogen-bond acceptors (Lipinski definition) is 6. The first kappa shape index (κ1) is 15.2. The molecule has 0 saturated heterocycles. The molecule has 0 atom stereocenters. The number of hydrogen-bond donors (Lipinski definition) is 4. The van der Waals surface area contributed by atoms with E-state index < -0.39 is 17.2 Å². The molecule has 0 bridgehead atoms. The van der Waals surface area contributed by atoms with Crippen LogP contribution in [0.3, 0.4) is 0 Å². The first-order valence-corrected chi connectivity index (χ1v) is 6.51. The van der Waals surface area contributed by atoms with E-state index in [1.807, 2.05) is 0 Å². The Bertz CT molecular complexity index is 700. The maximum absolute atomic E-state index is 9.77. The predicted octanol–water partition coefficient (Wildman–Crippen LogP) is 3.34. The number of halogens is 2. The number of rotatable bonds is 3. The number of aromatic nitrogens is 1. The molecule has 6 nitrogen and oxygen atoms in total. The van der Waals surface area contributed by atoms with Crippen molar-refractivity contribution in [2.75, 3.05) is 5.43 Å². The highest BCUT2D eigenvalue weighted by Crippen LogP contribution is 2.37. The van der Waals surface area contributed by atoms with Gasteiger partial charge >= 0.3 is 0 Å². The van der Waals surface area contributed by atoms with E-state index >= 15 is 0 Å². The monoisotopic (exact) mass is 327 g/mol. The van der Waals surface area contributed by atoms with Crippen LogP contribution in [0.1, 0.15) is 12.5 Å². The Kier molecular flexibility index (Phi) is 4.40. The molecule has 1 heterocycles. The number of pyridine rings is 1. The summed E-state index contributed by atoms with van der Waals surface area (Å²) in [4.78, 5) is 3.81. The molecular weight excluding hydrogens is 317 g/mol. The number of nitrogens with zero attached hydrogens (tertiary/aromatic N) is 2. The van der Waals surface area contributed by atoms with Crippen LogP contribution in [0.25, 0.3) is 0 Å². The molecule has 0 radical (unpaired) electrons. The second-order valence-corrected chi connectivity index (χ2v) is 4.93. The summed E-state index contributed by atoms with van der Waals surface area (Å²) < 4.78 is 0. The fourth-order valence-corrected chi connectivity index (χ4v) is 2.03. The summed E-state index contributed by atoms with van der Waals surface area (Å²) in [5, 5.41) is 33.2. The number of anilines is 1. The standard InChI is InChI=1S/C13H11Cl2N3O3/c1-6(7-2-3-10(19)13(21)12(7)20)17-18-11-8(14)4-16-5-9(11)15/h2-5,19-21H,1H3,(H,16,18)/b17-6+. The van der Waals surface area contributed by atoms with Gasteiger partial charge < -0.3 is 15.3 Å². The highest BCUT2D eigenvalue weighted by atomic mass is 35.5. The summed E-state index contributed by atoms with van der Waals surface area (Å²) in [5.74, 6) is -1.50. The van der Waals surface area contributed by atoms with Gasteiger partial charge in [0.1, 0.15) is 0 Å². The quantitative estimate of drug-likeness (QED) is 0.393. The fourth-order valence-electron chi connectivity index (χ4n) is 1.58. The third-order valence-corrected chi connectivity index (χ3v) is 3.28. The predicted molar refractivity (Wildman–Crippen MR) is 81.5 cm³/mol. The number of benzene rings is 1. The van der Waals surface area contributed by atoms with Gasteiger partial charge in [-0.3, -0.25) is 10.4 Å². The van der Waals surface area contributed by atoms with Crippen LogP contribution in [0, 0.1) is 0 Å². The third kappa shape index (κ3) is 3.12. The Morgan fingerprint density at radius 3 is 2.33 bits per heavy atom. The molecule has 110 valence electrons. The van der Waals surface area contributed by atoms with E-state index in [2.05, 4.69) is 15.5 Å². The zero-order valence-electron chi connectivity index (χ0n) is 10.8. The molecule has 1 aromatic carbocycles. The van der Waals surface area contributed by atoms with Crippen molar-refractivity contribution in [2.24, 2.45) is 5.10 Å². The Balaban J connectivity index is 2.32. The van der Waals surface area contributed by atoms with Gasteiger partial charge in [-0.05, 0) is 19.1 Å². The van der Waals surface area contributed by atoms with Gasteiger partial charge in [-0.2, -0.15) is 5.10 Å². The molecule has 0 aliphatic heterocycles. The van der Waals surface area contributed by atoms with Gasteiger partial charge in [0.05, 0.1) is 21.4 Å². The van der Waals surface area contributed by atoms with E-state index in [0.717, 1.165) is 0 Å². The molecule has 0 saturated carbocycles. The van der Waals surface area contributed by atoms with Gasteiger partial charge in [-0.1, -0.05) is 23.2 Å². The van der Waals surface area contributed by atoms with Crippen LogP contribution in [-0.4, -0.2) is 26.0 Å². The summed E-state index contributed by atoms with van der Waals surface area (Å²) in [6, 6.07) is 2.66. The smallest absolute Gasteiger partial charge is 0.200 e. The molecule has 0 amide bonds. The SMILES string of the molecule is C/C(=N\Nc1c(Cl)cncc1Cl)c1ccc(O)c(O)c1O. The minimum Gasteiger partial charge on any atom is -0.504 e. The van der Waals surface area contributed by atoms with Crippen LogP contribution in [0.4, 0.5) is 5.69 Å². The summed E-state index contributed by atoms with van der Waals surface area (Å²) in [5.41, 5.74) is 3.64. The maximum Gasteiger partial charge on any atom is 0.200 e. The summed E-state index contributed by atoms with van der Waals surface area (Å²) in [6.45, 7) is 1.60.